The van der Waals surface area contributed by atoms with E-state index in [-0.39, 0.29) is 32.7 Å². The van der Waals surface area contributed by atoms with Gasteiger partial charge in [-0.25, -0.2) is 0 Å². The molecule has 4 heteroatoms. The molecular weight excluding hydrogens is 423 g/mol. The first-order valence-corrected chi connectivity index (χ1v) is 10.1. The molecule has 147 valence electrons. The maximum absolute atomic E-state index is 13.1. The van der Waals surface area contributed by atoms with Crippen molar-refractivity contribution >= 4 is 5.78 Å². The van der Waals surface area contributed by atoms with Crippen molar-refractivity contribution in [1.82, 2.24) is 0 Å². The molecule has 0 amide bonds. The van der Waals surface area contributed by atoms with E-state index in [0.29, 0.717) is 18.7 Å². The molecule has 0 aliphatic carbocycles. The number of benzene rings is 2. The predicted molar refractivity (Wildman–Crippen MR) is 110 cm³/mol. The molecule has 0 aromatic heterocycles. The van der Waals surface area contributed by atoms with Gasteiger partial charge in [-0.3, -0.25) is 4.79 Å². The van der Waals surface area contributed by atoms with E-state index in [1.165, 1.54) is 31.2 Å². The molecule has 2 aromatic rings. The van der Waals surface area contributed by atoms with Gasteiger partial charge in [0.15, 0.2) is 5.78 Å². The Hall–Kier alpha value is -1.03. The predicted octanol–water partition coefficient (Wildman–Crippen LogP) is 4.70. The number of Topliss-reactive ketones (excluding diaryl/α,β-unsaturated/α-hetero) is 1. The Morgan fingerprint density at radius 3 is 2.32 bits per heavy atom. The van der Waals surface area contributed by atoms with Gasteiger partial charge in [0.05, 0.1) is 20.2 Å². The first-order chi connectivity index (χ1) is 13.1. The van der Waals surface area contributed by atoms with Crippen molar-refractivity contribution in [3.8, 4) is 5.75 Å². The summed E-state index contributed by atoms with van der Waals surface area (Å²) in [5.41, 5.74) is 3.59. The second-order valence-electron chi connectivity index (χ2n) is 8.01. The summed E-state index contributed by atoms with van der Waals surface area (Å²) < 4.78 is 6.25. The van der Waals surface area contributed by atoms with Crippen LogP contribution in [0.3, 0.4) is 0 Å². The van der Waals surface area contributed by atoms with Crippen molar-refractivity contribution in [3.05, 3.63) is 65.2 Å². The Balaban J connectivity index is 0.00000280. The van der Waals surface area contributed by atoms with E-state index in [0.717, 1.165) is 41.0 Å². The molecule has 0 atom stereocenters. The minimum Gasteiger partial charge on any atom is -0.497 e. The summed E-state index contributed by atoms with van der Waals surface area (Å²) in [6, 6.07) is 16.7. The fourth-order valence-electron chi connectivity index (χ4n) is 4.31. The number of carbonyl (C=O) groups is 1. The standard InChI is InChI=1S/C24H32NO2.Y/c1-20-12-13-24(27-2)17-22(20)16-23(26)19-25(14-8-3-4-9-15-25)18-21-10-6-5-7-11-21;/h5-7,10-13,17H,3-4,8-9,14-16,18-19H2,1-2H3;/q+1;. The molecule has 3 nitrogen and oxygen atoms in total. The number of hydrogen-bond acceptors (Lipinski definition) is 2. The summed E-state index contributed by atoms with van der Waals surface area (Å²) in [7, 11) is 1.67. The third-order valence-corrected chi connectivity index (χ3v) is 5.83. The molecule has 3 rings (SSSR count). The molecule has 0 N–H and O–H groups in total. The van der Waals surface area contributed by atoms with E-state index in [1.54, 1.807) is 7.11 Å². The topological polar surface area (TPSA) is 26.3 Å². The van der Waals surface area contributed by atoms with E-state index in [4.69, 9.17) is 4.74 Å². The summed E-state index contributed by atoms with van der Waals surface area (Å²) in [6.07, 6.45) is 5.52. The van der Waals surface area contributed by atoms with Crippen LogP contribution in [0, 0.1) is 6.92 Å². The van der Waals surface area contributed by atoms with Crippen LogP contribution in [0.15, 0.2) is 48.5 Å². The van der Waals surface area contributed by atoms with Gasteiger partial charge >= 0.3 is 0 Å². The molecule has 1 heterocycles. The number of ketones is 1. The van der Waals surface area contributed by atoms with Gasteiger partial charge in [0.2, 0.25) is 0 Å². The molecule has 1 aliphatic rings. The fraction of sp³-hybridized carbons (Fsp3) is 0.458. The second-order valence-corrected chi connectivity index (χ2v) is 8.01. The molecule has 1 radical (unpaired) electrons. The monoisotopic (exact) mass is 455 g/mol. The SMILES string of the molecule is COc1ccc(C)c(CC(=O)C[N+]2(Cc3ccccc3)CCCCCC2)c1.[Y]. The molecule has 0 unspecified atom stereocenters. The molecule has 1 aliphatic heterocycles. The summed E-state index contributed by atoms with van der Waals surface area (Å²) in [5, 5.41) is 0. The minimum absolute atomic E-state index is 0. The molecule has 0 spiro atoms. The number of carbonyl (C=O) groups excluding carboxylic acids is 1. The number of aryl methyl sites for hydroxylation is 1. The normalized spacial score (nSPS) is 15.9. The smallest absolute Gasteiger partial charge is 0.191 e. The van der Waals surface area contributed by atoms with Crippen molar-refractivity contribution < 1.29 is 46.7 Å². The van der Waals surface area contributed by atoms with Crippen molar-refractivity contribution in [2.24, 2.45) is 0 Å². The Labute approximate surface area is 194 Å². The van der Waals surface area contributed by atoms with Crippen molar-refractivity contribution in [1.29, 1.82) is 0 Å². The average molecular weight is 455 g/mol. The van der Waals surface area contributed by atoms with Crippen LogP contribution in [-0.2, 0) is 50.5 Å². The first-order valence-electron chi connectivity index (χ1n) is 10.1. The fourth-order valence-corrected chi connectivity index (χ4v) is 4.31. The number of quaternary nitrogens is 1. The molecule has 1 saturated heterocycles. The summed E-state index contributed by atoms with van der Waals surface area (Å²) in [6.45, 7) is 5.88. The van der Waals surface area contributed by atoms with Crippen LogP contribution >= 0.6 is 0 Å². The van der Waals surface area contributed by atoms with Crippen LogP contribution in [0.4, 0.5) is 0 Å². The zero-order chi connectivity index (χ0) is 19.1. The average Bonchev–Trinajstić information content (AvgIpc) is 2.89. The second kappa shape index (κ2) is 11.2. The molecule has 1 fully saturated rings. The van der Waals surface area contributed by atoms with Crippen molar-refractivity contribution in [3.63, 3.8) is 0 Å². The largest absolute Gasteiger partial charge is 0.497 e. The zero-order valence-corrected chi connectivity index (χ0v) is 20.2. The van der Waals surface area contributed by atoms with Crippen molar-refractivity contribution in [2.45, 2.75) is 45.6 Å². The van der Waals surface area contributed by atoms with Gasteiger partial charge in [0, 0.05) is 44.7 Å². The molecule has 2 aromatic carbocycles. The third-order valence-electron chi connectivity index (χ3n) is 5.83. The first kappa shape index (κ1) is 23.3. The van der Waals surface area contributed by atoms with Gasteiger partial charge in [-0.1, -0.05) is 36.4 Å². The minimum atomic E-state index is 0. The molecule has 28 heavy (non-hydrogen) atoms. The van der Waals surface area contributed by atoms with Crippen LogP contribution in [-0.4, -0.2) is 37.0 Å². The van der Waals surface area contributed by atoms with Gasteiger partial charge in [-0.05, 0) is 55.9 Å². The van der Waals surface area contributed by atoms with Crippen LogP contribution in [0.5, 0.6) is 5.75 Å². The third kappa shape index (κ3) is 6.51. The summed E-state index contributed by atoms with van der Waals surface area (Å²) in [4.78, 5) is 13.1. The van der Waals surface area contributed by atoms with Crippen LogP contribution in [0.2, 0.25) is 0 Å². The van der Waals surface area contributed by atoms with Gasteiger partial charge in [0.25, 0.3) is 0 Å². The van der Waals surface area contributed by atoms with Crippen LogP contribution < -0.4 is 4.74 Å². The van der Waals surface area contributed by atoms with Gasteiger partial charge < -0.3 is 9.22 Å². The van der Waals surface area contributed by atoms with E-state index in [9.17, 15) is 4.79 Å². The van der Waals surface area contributed by atoms with Gasteiger partial charge in [-0.15, -0.1) is 0 Å². The Bertz CT molecular complexity index is 752. The van der Waals surface area contributed by atoms with Gasteiger partial charge in [0.1, 0.15) is 18.8 Å². The van der Waals surface area contributed by atoms with Crippen LogP contribution in [0.25, 0.3) is 0 Å². The molecule has 0 bridgehead atoms. The number of ether oxygens (including phenoxy) is 1. The maximum atomic E-state index is 13.1. The summed E-state index contributed by atoms with van der Waals surface area (Å²) in [5.74, 6) is 1.16. The zero-order valence-electron chi connectivity index (χ0n) is 17.3. The number of hydrogen-bond donors (Lipinski definition) is 0. The van der Waals surface area contributed by atoms with Gasteiger partial charge in [-0.2, -0.15) is 0 Å². The Morgan fingerprint density at radius 1 is 1.00 bits per heavy atom. The van der Waals surface area contributed by atoms with E-state index in [2.05, 4.69) is 37.3 Å². The number of methoxy groups -OCH3 is 1. The van der Waals surface area contributed by atoms with E-state index >= 15 is 0 Å². The number of rotatable bonds is 7. The van der Waals surface area contributed by atoms with Crippen molar-refractivity contribution in [2.75, 3.05) is 26.7 Å². The molecular formula is C24H32NO2Y+. The van der Waals surface area contributed by atoms with Crippen LogP contribution in [0.1, 0.15) is 42.4 Å². The molecule has 0 saturated carbocycles. The number of likely N-dealkylation sites (tertiary alicyclic amines) is 1. The Kier molecular flexibility index (Phi) is 9.33. The van der Waals surface area contributed by atoms with E-state index < -0.39 is 0 Å². The summed E-state index contributed by atoms with van der Waals surface area (Å²) >= 11 is 0. The Morgan fingerprint density at radius 2 is 1.68 bits per heavy atom. The van der Waals surface area contributed by atoms with E-state index in [1.807, 2.05) is 18.2 Å². The quantitative estimate of drug-likeness (QED) is 0.566. The number of nitrogens with zero attached hydrogens (tertiary/aromatic N) is 1. The maximum Gasteiger partial charge on any atom is 0.191 e.